The highest BCUT2D eigenvalue weighted by Gasteiger charge is 2.33. The molecule has 3 aromatic carbocycles. The molecule has 1 N–H and O–H groups in total. The fraction of sp³-hybridized carbons (Fsp3) is 0.158. The highest BCUT2D eigenvalue weighted by molar-refractivity contribution is 6.04. The van der Waals surface area contributed by atoms with E-state index < -0.39 is 17.8 Å². The summed E-state index contributed by atoms with van der Waals surface area (Å²) in [6.07, 6.45) is 2.97. The molecule has 0 aliphatic rings. The molecule has 7 aromatic rings. The Morgan fingerprint density at radius 2 is 1.51 bits per heavy atom. The number of hydrogen-bond donors (Lipinski definition) is 1. The van der Waals surface area contributed by atoms with Gasteiger partial charge in [0.15, 0.2) is 11.5 Å². The lowest BCUT2D eigenvalue weighted by Gasteiger charge is -2.24. The van der Waals surface area contributed by atoms with Crippen molar-refractivity contribution in [3.8, 4) is 28.4 Å². The molecule has 7 rings (SSSR count). The smallest absolute Gasteiger partial charge is 0.433 e. The summed E-state index contributed by atoms with van der Waals surface area (Å²) in [5.74, 6) is 1.44. The number of anilines is 2. The number of ether oxygens (including phenoxy) is 2. The lowest BCUT2D eigenvalue weighted by atomic mass is 10.1. The average molecular weight is 720 g/mol. The molecule has 0 radical (unpaired) electrons. The minimum atomic E-state index is -4.67. The number of imidazole rings is 1. The van der Waals surface area contributed by atoms with E-state index >= 15 is 0 Å². The van der Waals surface area contributed by atoms with Gasteiger partial charge in [-0.05, 0) is 72.1 Å². The van der Waals surface area contributed by atoms with Gasteiger partial charge in [-0.1, -0.05) is 30.3 Å². The molecule has 0 aliphatic heterocycles. The number of carbonyl (C=O) groups is 1. The maximum absolute atomic E-state index is 13.2. The molecule has 0 atom stereocenters. The molecule has 15 heteroatoms. The Morgan fingerprint density at radius 1 is 0.830 bits per heavy atom. The maximum atomic E-state index is 13.2. The normalized spacial score (nSPS) is 11.4. The van der Waals surface area contributed by atoms with Crippen LogP contribution in [0.3, 0.4) is 0 Å². The number of pyridine rings is 1. The van der Waals surface area contributed by atoms with E-state index in [2.05, 4.69) is 30.4 Å². The highest BCUT2D eigenvalue weighted by atomic mass is 19.4. The lowest BCUT2D eigenvalue weighted by Crippen LogP contribution is -2.24. The Hall–Kier alpha value is -6.77. The van der Waals surface area contributed by atoms with Gasteiger partial charge in [-0.25, -0.2) is 19.2 Å². The number of fused-ring (bicyclic) bond motifs is 1. The minimum absolute atomic E-state index is 0.170. The summed E-state index contributed by atoms with van der Waals surface area (Å²) in [6.45, 7) is 2.94. The zero-order valence-electron chi connectivity index (χ0n) is 28.7. The van der Waals surface area contributed by atoms with E-state index in [4.69, 9.17) is 14.5 Å². The second kappa shape index (κ2) is 14.5. The van der Waals surface area contributed by atoms with Gasteiger partial charge in [0.25, 0.3) is 5.91 Å². The van der Waals surface area contributed by atoms with Crippen molar-refractivity contribution in [3.05, 3.63) is 138 Å². The number of aromatic nitrogens is 7. The van der Waals surface area contributed by atoms with Crippen LogP contribution in [0.25, 0.3) is 22.6 Å². The second-order valence-electron chi connectivity index (χ2n) is 12.1. The van der Waals surface area contributed by atoms with Crippen LogP contribution in [0.4, 0.5) is 24.7 Å². The third-order valence-corrected chi connectivity index (χ3v) is 8.55. The topological polar surface area (TPSA) is 125 Å². The summed E-state index contributed by atoms with van der Waals surface area (Å²) < 4.78 is 53.6. The van der Waals surface area contributed by atoms with Gasteiger partial charge >= 0.3 is 6.18 Å². The van der Waals surface area contributed by atoms with Crippen LogP contribution in [0.1, 0.15) is 32.7 Å². The third kappa shape index (κ3) is 7.49. The Balaban J connectivity index is 1.17. The first-order valence-electron chi connectivity index (χ1n) is 16.3. The number of halogens is 3. The summed E-state index contributed by atoms with van der Waals surface area (Å²) >= 11 is 0. The lowest BCUT2D eigenvalue weighted by molar-refractivity contribution is -0.141. The van der Waals surface area contributed by atoms with Crippen molar-refractivity contribution in [2.24, 2.45) is 0 Å². The summed E-state index contributed by atoms with van der Waals surface area (Å²) in [5, 5.41) is 11.8. The van der Waals surface area contributed by atoms with E-state index in [0.29, 0.717) is 53.3 Å². The van der Waals surface area contributed by atoms with Gasteiger partial charge in [0.2, 0.25) is 0 Å². The Labute approximate surface area is 301 Å². The Morgan fingerprint density at radius 3 is 2.15 bits per heavy atom. The van der Waals surface area contributed by atoms with Crippen LogP contribution in [0.15, 0.2) is 110 Å². The number of alkyl halides is 3. The van der Waals surface area contributed by atoms with Gasteiger partial charge in [-0.3, -0.25) is 9.78 Å². The van der Waals surface area contributed by atoms with Crippen LogP contribution in [0, 0.1) is 6.92 Å². The van der Waals surface area contributed by atoms with Crippen molar-refractivity contribution in [3.63, 3.8) is 0 Å². The van der Waals surface area contributed by atoms with E-state index in [0.717, 1.165) is 34.4 Å². The number of aryl methyl sites for hydroxylation is 1. The quantitative estimate of drug-likeness (QED) is 0.148. The minimum Gasteiger partial charge on any atom is -0.497 e. The average Bonchev–Trinajstić information content (AvgIpc) is 3.83. The number of nitrogens with zero attached hydrogens (tertiary/aromatic N) is 8. The van der Waals surface area contributed by atoms with Gasteiger partial charge in [0.1, 0.15) is 23.5 Å². The number of nitrogens with one attached hydrogen (secondary N) is 1. The predicted molar refractivity (Wildman–Crippen MR) is 191 cm³/mol. The van der Waals surface area contributed by atoms with Crippen LogP contribution in [-0.4, -0.2) is 54.5 Å². The van der Waals surface area contributed by atoms with E-state index in [1.165, 1.54) is 12.4 Å². The summed E-state index contributed by atoms with van der Waals surface area (Å²) in [5.41, 5.74) is 4.57. The molecule has 53 heavy (non-hydrogen) atoms. The molecule has 0 saturated heterocycles. The molecule has 0 spiro atoms. The van der Waals surface area contributed by atoms with E-state index in [1.807, 2.05) is 61.7 Å². The summed E-state index contributed by atoms with van der Waals surface area (Å²) in [4.78, 5) is 27.8. The van der Waals surface area contributed by atoms with Crippen LogP contribution in [0.2, 0.25) is 0 Å². The summed E-state index contributed by atoms with van der Waals surface area (Å²) in [6, 6.07) is 22.8. The van der Waals surface area contributed by atoms with Crippen LogP contribution < -0.4 is 19.7 Å². The summed E-state index contributed by atoms with van der Waals surface area (Å²) in [7, 11) is 3.26. The molecule has 0 unspecified atom stereocenters. The predicted octanol–water partition coefficient (Wildman–Crippen LogP) is 7.18. The van der Waals surface area contributed by atoms with Gasteiger partial charge in [-0.15, -0.1) is 0 Å². The number of amides is 1. The fourth-order valence-corrected chi connectivity index (χ4v) is 5.78. The standard InChI is InChI=1S/C38H32F3N9O3/c1-24-4-9-29(47-37(51)27-14-15-42-34(16-27)38(39,40)41)17-32(24)49-22-28(18-45-49)33-19-43-36-35(44-23-46-50(33)36)48(20-25-5-10-30(52-2)11-6-25)21-26-7-12-31(53-3)13-8-26/h4-19,22-23H,20-21H2,1-3H3,(H,47,51). The Kier molecular flexibility index (Phi) is 9.46. The number of methoxy groups -OCH3 is 2. The molecule has 12 nitrogen and oxygen atoms in total. The van der Waals surface area contributed by atoms with Crippen molar-refractivity contribution in [1.29, 1.82) is 0 Å². The van der Waals surface area contributed by atoms with Crippen molar-refractivity contribution >= 4 is 23.1 Å². The fourth-order valence-electron chi connectivity index (χ4n) is 5.78. The zero-order chi connectivity index (χ0) is 37.1. The molecule has 0 aliphatic carbocycles. The van der Waals surface area contributed by atoms with Crippen LogP contribution in [-0.2, 0) is 19.3 Å². The van der Waals surface area contributed by atoms with Crippen LogP contribution in [0.5, 0.6) is 11.5 Å². The van der Waals surface area contributed by atoms with Crippen molar-refractivity contribution < 1.29 is 27.4 Å². The monoisotopic (exact) mass is 719 g/mol. The molecule has 268 valence electrons. The number of hydrogen-bond acceptors (Lipinski definition) is 9. The first kappa shape index (κ1) is 34.7. The van der Waals surface area contributed by atoms with E-state index in [-0.39, 0.29) is 5.56 Å². The molecular weight excluding hydrogens is 687 g/mol. The molecule has 0 bridgehead atoms. The second-order valence-corrected chi connectivity index (χ2v) is 12.1. The molecule has 1 amide bonds. The largest absolute Gasteiger partial charge is 0.497 e. The molecule has 4 aromatic heterocycles. The third-order valence-electron chi connectivity index (χ3n) is 8.55. The van der Waals surface area contributed by atoms with Gasteiger partial charge in [0, 0.05) is 42.3 Å². The van der Waals surface area contributed by atoms with Crippen molar-refractivity contribution in [2.45, 2.75) is 26.2 Å². The highest BCUT2D eigenvalue weighted by Crippen LogP contribution is 2.30. The van der Waals surface area contributed by atoms with Crippen molar-refractivity contribution in [1.82, 2.24) is 34.3 Å². The molecule has 4 heterocycles. The van der Waals surface area contributed by atoms with Gasteiger partial charge < -0.3 is 19.7 Å². The molecule has 0 saturated carbocycles. The van der Waals surface area contributed by atoms with Crippen LogP contribution >= 0.6 is 0 Å². The SMILES string of the molecule is COc1ccc(CN(Cc2ccc(OC)cc2)c2ncnn3c(-c4cnn(-c5cc(NC(=O)c6ccnc(C(F)(F)F)c6)ccc5C)c4)cnc23)cc1. The first-order valence-corrected chi connectivity index (χ1v) is 16.3. The number of benzene rings is 3. The number of rotatable bonds is 11. The Bertz CT molecular complexity index is 2340. The van der Waals surface area contributed by atoms with Gasteiger partial charge in [-0.2, -0.15) is 23.4 Å². The molecule has 0 fully saturated rings. The maximum Gasteiger partial charge on any atom is 0.433 e. The molecular formula is C38H32F3N9O3. The van der Waals surface area contributed by atoms with Gasteiger partial charge in [0.05, 0.1) is 38.0 Å². The van der Waals surface area contributed by atoms with Crippen molar-refractivity contribution in [2.75, 3.05) is 24.4 Å². The number of carbonyl (C=O) groups excluding carboxylic acids is 1. The van der Waals surface area contributed by atoms with E-state index in [9.17, 15) is 18.0 Å². The zero-order valence-corrected chi connectivity index (χ0v) is 28.7. The first-order chi connectivity index (χ1) is 25.6. The van der Waals surface area contributed by atoms with E-state index in [1.54, 1.807) is 54.0 Å².